The van der Waals surface area contributed by atoms with Crippen molar-refractivity contribution in [1.29, 1.82) is 0 Å². The number of aryl methyl sites for hydroxylation is 1. The van der Waals surface area contributed by atoms with Crippen molar-refractivity contribution in [2.75, 3.05) is 19.8 Å². The molecule has 0 bridgehead atoms. The van der Waals surface area contributed by atoms with E-state index in [2.05, 4.69) is 4.72 Å². The number of hydrogen-bond donors (Lipinski definition) is 1. The summed E-state index contributed by atoms with van der Waals surface area (Å²) < 4.78 is 46.9. The lowest BCUT2D eigenvalue weighted by Crippen LogP contribution is -2.44. The molecule has 134 valence electrons. The maximum Gasteiger partial charge on any atom is 0.240 e. The van der Waals surface area contributed by atoms with Gasteiger partial charge in [0.15, 0.2) is 0 Å². The lowest BCUT2D eigenvalue weighted by Gasteiger charge is -2.37. The average molecular weight is 363 g/mol. The summed E-state index contributed by atoms with van der Waals surface area (Å²) >= 11 is 0. The highest BCUT2D eigenvalue weighted by Crippen LogP contribution is 2.34. The zero-order valence-electron chi connectivity index (χ0n) is 14.2. The first-order valence-corrected chi connectivity index (χ1v) is 9.80. The molecule has 0 aliphatic carbocycles. The molecule has 0 saturated carbocycles. The Bertz CT molecular complexity index is 831. The van der Waals surface area contributed by atoms with Crippen LogP contribution >= 0.6 is 0 Å². The highest BCUT2D eigenvalue weighted by atomic mass is 32.2. The van der Waals surface area contributed by atoms with Crippen LogP contribution in [0.3, 0.4) is 0 Å². The van der Waals surface area contributed by atoms with Crippen LogP contribution in [-0.2, 0) is 20.2 Å². The molecule has 0 amide bonds. The number of hydrogen-bond acceptors (Lipinski definition) is 3. The van der Waals surface area contributed by atoms with Gasteiger partial charge in [-0.05, 0) is 49.1 Å². The van der Waals surface area contributed by atoms with E-state index in [9.17, 15) is 12.8 Å². The third-order valence-corrected chi connectivity index (χ3v) is 6.28. The third kappa shape index (κ3) is 3.92. The minimum Gasteiger partial charge on any atom is -0.381 e. The van der Waals surface area contributed by atoms with Gasteiger partial charge in [-0.25, -0.2) is 17.5 Å². The fourth-order valence-corrected chi connectivity index (χ4v) is 4.43. The van der Waals surface area contributed by atoms with Crippen LogP contribution < -0.4 is 4.72 Å². The second kappa shape index (κ2) is 7.23. The van der Waals surface area contributed by atoms with E-state index >= 15 is 0 Å². The van der Waals surface area contributed by atoms with Crippen LogP contribution in [-0.4, -0.2) is 28.2 Å². The van der Waals surface area contributed by atoms with E-state index in [0.29, 0.717) is 25.3 Å². The molecule has 6 heteroatoms. The largest absolute Gasteiger partial charge is 0.381 e. The van der Waals surface area contributed by atoms with Gasteiger partial charge in [-0.2, -0.15) is 0 Å². The maximum atomic E-state index is 13.4. The van der Waals surface area contributed by atoms with E-state index in [4.69, 9.17) is 4.74 Å². The number of benzene rings is 2. The van der Waals surface area contributed by atoms with Crippen molar-refractivity contribution in [3.8, 4) is 0 Å². The van der Waals surface area contributed by atoms with Crippen LogP contribution in [0, 0.1) is 12.7 Å². The van der Waals surface area contributed by atoms with Crippen molar-refractivity contribution in [3.05, 3.63) is 65.5 Å². The first-order valence-electron chi connectivity index (χ1n) is 8.32. The fourth-order valence-electron chi connectivity index (χ4n) is 3.22. The molecule has 0 atom stereocenters. The van der Waals surface area contributed by atoms with Crippen LogP contribution in [0.15, 0.2) is 53.4 Å². The van der Waals surface area contributed by atoms with Crippen LogP contribution in [0.25, 0.3) is 0 Å². The minimum atomic E-state index is -3.70. The molecular weight excluding hydrogens is 341 g/mol. The number of halogens is 1. The quantitative estimate of drug-likeness (QED) is 0.888. The van der Waals surface area contributed by atoms with E-state index in [-0.39, 0.29) is 10.3 Å². The summed E-state index contributed by atoms with van der Waals surface area (Å²) in [6.07, 6.45) is 1.50. The van der Waals surface area contributed by atoms with Gasteiger partial charge in [-0.3, -0.25) is 0 Å². The van der Waals surface area contributed by atoms with Crippen molar-refractivity contribution in [2.24, 2.45) is 0 Å². The second-order valence-electron chi connectivity index (χ2n) is 6.49. The van der Waals surface area contributed by atoms with E-state index in [1.807, 2.05) is 30.3 Å². The van der Waals surface area contributed by atoms with E-state index in [0.717, 1.165) is 18.4 Å². The predicted octanol–water partition coefficient (Wildman–Crippen LogP) is 3.16. The summed E-state index contributed by atoms with van der Waals surface area (Å²) in [5, 5.41) is 0. The smallest absolute Gasteiger partial charge is 0.240 e. The number of nitrogens with one attached hydrogen (secondary N) is 1. The maximum absolute atomic E-state index is 13.4. The van der Waals surface area contributed by atoms with Crippen molar-refractivity contribution in [2.45, 2.75) is 30.1 Å². The third-order valence-electron chi connectivity index (χ3n) is 4.88. The van der Waals surface area contributed by atoms with Crippen LogP contribution in [0.1, 0.15) is 24.0 Å². The van der Waals surface area contributed by atoms with Crippen LogP contribution in [0.5, 0.6) is 0 Å². The Hall–Kier alpha value is -1.76. The van der Waals surface area contributed by atoms with Crippen LogP contribution in [0.4, 0.5) is 4.39 Å². The Morgan fingerprint density at radius 3 is 2.44 bits per heavy atom. The molecule has 1 aliphatic rings. The zero-order chi connectivity index (χ0) is 17.9. The van der Waals surface area contributed by atoms with Gasteiger partial charge >= 0.3 is 0 Å². The summed E-state index contributed by atoms with van der Waals surface area (Å²) in [4.78, 5) is 0.0849. The molecule has 4 nitrogen and oxygen atoms in total. The SMILES string of the molecule is Cc1cc(S(=O)(=O)NCC2(c3ccccc3)CCOCC2)ccc1F. The Morgan fingerprint density at radius 2 is 1.80 bits per heavy atom. The van der Waals surface area contributed by atoms with E-state index < -0.39 is 15.8 Å². The van der Waals surface area contributed by atoms with Crippen molar-refractivity contribution < 1.29 is 17.5 Å². The molecule has 2 aromatic rings. The monoisotopic (exact) mass is 363 g/mol. The normalized spacial score (nSPS) is 17.4. The van der Waals surface area contributed by atoms with Gasteiger partial charge in [0.05, 0.1) is 4.90 Å². The number of rotatable bonds is 5. The second-order valence-corrected chi connectivity index (χ2v) is 8.26. The Kier molecular flexibility index (Phi) is 5.22. The summed E-state index contributed by atoms with van der Waals surface area (Å²) in [5.41, 5.74) is 1.13. The highest BCUT2D eigenvalue weighted by molar-refractivity contribution is 7.89. The molecule has 1 heterocycles. The van der Waals surface area contributed by atoms with Gasteiger partial charge in [-0.1, -0.05) is 30.3 Å². The summed E-state index contributed by atoms with van der Waals surface area (Å²) in [6.45, 7) is 3.05. The molecule has 0 aromatic heterocycles. The fraction of sp³-hybridized carbons (Fsp3) is 0.368. The lowest BCUT2D eigenvalue weighted by atomic mass is 9.74. The van der Waals surface area contributed by atoms with Crippen molar-refractivity contribution in [1.82, 2.24) is 4.72 Å². The van der Waals surface area contributed by atoms with Gasteiger partial charge in [-0.15, -0.1) is 0 Å². The molecule has 0 unspecified atom stereocenters. The molecule has 25 heavy (non-hydrogen) atoms. The highest BCUT2D eigenvalue weighted by Gasteiger charge is 2.35. The van der Waals surface area contributed by atoms with Gasteiger partial charge < -0.3 is 4.74 Å². The van der Waals surface area contributed by atoms with Crippen molar-refractivity contribution >= 4 is 10.0 Å². The first-order chi connectivity index (χ1) is 11.9. The van der Waals surface area contributed by atoms with Gasteiger partial charge in [0.2, 0.25) is 10.0 Å². The molecule has 0 spiro atoms. The van der Waals surface area contributed by atoms with Crippen LogP contribution in [0.2, 0.25) is 0 Å². The molecule has 3 rings (SSSR count). The molecule has 2 aromatic carbocycles. The van der Waals surface area contributed by atoms with Gasteiger partial charge in [0.1, 0.15) is 5.82 Å². The van der Waals surface area contributed by atoms with Gasteiger partial charge in [0.25, 0.3) is 0 Å². The van der Waals surface area contributed by atoms with E-state index in [1.165, 1.54) is 18.2 Å². The molecule has 1 saturated heterocycles. The molecule has 1 fully saturated rings. The van der Waals surface area contributed by atoms with E-state index in [1.54, 1.807) is 6.92 Å². The number of sulfonamides is 1. The average Bonchev–Trinajstić information content (AvgIpc) is 2.64. The van der Waals surface area contributed by atoms with Gasteiger partial charge in [0, 0.05) is 25.2 Å². The van der Waals surface area contributed by atoms with Crippen molar-refractivity contribution in [3.63, 3.8) is 0 Å². The molecule has 0 radical (unpaired) electrons. The standard InChI is InChI=1S/C19H22FNO3S/c1-15-13-17(7-8-18(15)20)25(22,23)21-14-19(9-11-24-12-10-19)16-5-3-2-4-6-16/h2-8,13,21H,9-12,14H2,1H3. The zero-order valence-corrected chi connectivity index (χ0v) is 15.0. The predicted molar refractivity (Wildman–Crippen MR) is 94.5 cm³/mol. The molecular formula is C19H22FNO3S. The molecule has 1 N–H and O–H groups in total. The Labute approximate surface area is 148 Å². The first kappa shape index (κ1) is 18.0. The lowest BCUT2D eigenvalue weighted by molar-refractivity contribution is 0.0517. The summed E-state index contributed by atoms with van der Waals surface area (Å²) in [6, 6.07) is 13.8. The molecule has 1 aliphatic heterocycles. The summed E-state index contributed by atoms with van der Waals surface area (Å²) in [7, 11) is -3.70. The number of ether oxygens (including phenoxy) is 1. The minimum absolute atomic E-state index is 0.0849. The Morgan fingerprint density at radius 1 is 1.12 bits per heavy atom. The summed E-state index contributed by atoms with van der Waals surface area (Å²) in [5.74, 6) is -0.413. The Balaban J connectivity index is 1.84. The topological polar surface area (TPSA) is 55.4 Å².